The van der Waals surface area contributed by atoms with E-state index in [1.807, 2.05) is 149 Å². The van der Waals surface area contributed by atoms with Crippen molar-refractivity contribution in [3.05, 3.63) is 145 Å². The first-order valence-electron chi connectivity index (χ1n) is 20.6. The van der Waals surface area contributed by atoms with Gasteiger partial charge >= 0.3 is 0 Å². The third-order valence-corrected chi connectivity index (χ3v) is 13.2. The Morgan fingerprint density at radius 3 is 1.44 bits per heavy atom. The quantitative estimate of drug-likeness (QED) is 0.130. The molecule has 6 aromatic rings. The van der Waals surface area contributed by atoms with Crippen molar-refractivity contribution in [2.75, 3.05) is 36.0 Å². The lowest BCUT2D eigenvalue weighted by Gasteiger charge is -2.26. The number of sulfonamides is 2. The molecule has 0 unspecified atom stereocenters. The average Bonchev–Trinajstić information content (AvgIpc) is 3.92. The molecule has 324 valence electrons. The Morgan fingerprint density at radius 1 is 0.597 bits per heavy atom. The van der Waals surface area contributed by atoms with Crippen LogP contribution in [0, 0.1) is 13.8 Å². The molecule has 4 heterocycles. The zero-order chi connectivity index (χ0) is 44.1. The largest absolute Gasteiger partial charge is 0.472 e. The lowest BCUT2D eigenvalue weighted by atomic mass is 10.1. The number of hydrogen-bond donors (Lipinski definition) is 2. The normalized spacial score (nSPS) is 16.7. The van der Waals surface area contributed by atoms with Gasteiger partial charge in [0.25, 0.3) is 0 Å². The molecule has 62 heavy (non-hydrogen) atoms. The van der Waals surface area contributed by atoms with Gasteiger partial charge in [-0.15, -0.1) is 0 Å². The summed E-state index contributed by atoms with van der Waals surface area (Å²) in [5.41, 5.74) is 6.45. The van der Waals surface area contributed by atoms with Crippen molar-refractivity contribution in [1.29, 1.82) is 0 Å². The number of anilines is 2. The molecule has 2 saturated heterocycles. The lowest BCUT2D eigenvalue weighted by Crippen LogP contribution is -2.41. The Bertz CT molecular complexity index is 2680. The first kappa shape index (κ1) is 44.3. The molecule has 4 aromatic carbocycles. The van der Waals surface area contributed by atoms with E-state index in [9.17, 15) is 16.8 Å². The minimum absolute atomic E-state index is 0.0554. The van der Waals surface area contributed by atoms with Gasteiger partial charge < -0.3 is 19.3 Å². The Morgan fingerprint density at radius 2 is 1.03 bits per heavy atom. The Balaban J connectivity index is 0.000000188. The number of aryl methyl sites for hydroxylation is 2. The zero-order valence-electron chi connectivity index (χ0n) is 35.7. The summed E-state index contributed by atoms with van der Waals surface area (Å²) in [4.78, 5) is 13.1. The van der Waals surface area contributed by atoms with Gasteiger partial charge in [-0.05, 0) is 92.3 Å². The summed E-state index contributed by atoms with van der Waals surface area (Å²) in [7, 11) is -7.62. The minimum atomic E-state index is -3.88. The van der Waals surface area contributed by atoms with E-state index >= 15 is 0 Å². The number of nitrogens with one attached hydrogen (secondary N) is 1. The van der Waals surface area contributed by atoms with Gasteiger partial charge in [-0.2, -0.15) is 0 Å². The number of nitrogens with two attached hydrogens (primary N) is 1. The molecule has 2 aliphatic rings. The van der Waals surface area contributed by atoms with E-state index in [4.69, 9.17) is 14.6 Å². The predicted octanol–water partition coefficient (Wildman–Crippen LogP) is 8.15. The van der Waals surface area contributed by atoms with Crippen molar-refractivity contribution in [2.24, 2.45) is 5.14 Å². The number of primary sulfonamides is 1. The van der Waals surface area contributed by atoms with Gasteiger partial charge in [0.2, 0.25) is 31.8 Å². The number of benzene rings is 4. The van der Waals surface area contributed by atoms with E-state index in [2.05, 4.69) is 19.6 Å². The molecule has 2 fully saturated rings. The number of rotatable bonds is 11. The first-order chi connectivity index (χ1) is 29.5. The van der Waals surface area contributed by atoms with Crippen LogP contribution in [-0.4, -0.2) is 70.7 Å². The monoisotopic (exact) mass is 874 g/mol. The first-order valence-corrected chi connectivity index (χ1v) is 23.7. The Hall–Kier alpha value is -5.80. The highest BCUT2D eigenvalue weighted by Gasteiger charge is 2.32. The van der Waals surface area contributed by atoms with E-state index in [0.29, 0.717) is 49.3 Å². The van der Waals surface area contributed by atoms with Gasteiger partial charge in [-0.25, -0.2) is 36.7 Å². The summed E-state index contributed by atoms with van der Waals surface area (Å²) in [6.45, 7) is 12.1. The predicted molar refractivity (Wildman–Crippen MR) is 246 cm³/mol. The molecular formula is C48H54N6O6S2. The molecule has 12 nitrogen and oxygen atoms in total. The molecule has 8 rings (SSSR count). The van der Waals surface area contributed by atoms with Crippen molar-refractivity contribution in [3.8, 4) is 34.0 Å². The maximum atomic E-state index is 13.4. The molecule has 0 bridgehead atoms. The van der Waals surface area contributed by atoms with Gasteiger partial charge in [0.05, 0.1) is 24.5 Å². The van der Waals surface area contributed by atoms with Crippen LogP contribution in [0.1, 0.15) is 44.7 Å². The van der Waals surface area contributed by atoms with Gasteiger partial charge in [0.1, 0.15) is 22.0 Å². The number of nitrogens with zero attached hydrogens (tertiary/aromatic N) is 4. The van der Waals surface area contributed by atoms with Gasteiger partial charge in [0, 0.05) is 56.0 Å². The van der Waals surface area contributed by atoms with Gasteiger partial charge in [-0.1, -0.05) is 84.9 Å². The van der Waals surface area contributed by atoms with Crippen LogP contribution in [-0.2, 0) is 20.0 Å². The van der Waals surface area contributed by atoms with Crippen LogP contribution in [0.15, 0.2) is 144 Å². The van der Waals surface area contributed by atoms with E-state index in [1.165, 1.54) is 0 Å². The number of aromatic nitrogens is 2. The molecular weight excluding hydrogens is 821 g/mol. The number of pyridine rings is 2. The van der Waals surface area contributed by atoms with Crippen LogP contribution in [0.5, 0.6) is 11.8 Å². The summed E-state index contributed by atoms with van der Waals surface area (Å²) < 4.78 is 66.3. The van der Waals surface area contributed by atoms with E-state index in [0.717, 1.165) is 46.2 Å². The highest BCUT2D eigenvalue weighted by atomic mass is 32.2. The van der Waals surface area contributed by atoms with Crippen LogP contribution in [0.3, 0.4) is 0 Å². The van der Waals surface area contributed by atoms with Crippen molar-refractivity contribution in [2.45, 2.75) is 75.0 Å². The van der Waals surface area contributed by atoms with Crippen LogP contribution >= 0.6 is 0 Å². The van der Waals surface area contributed by atoms with Crippen molar-refractivity contribution in [3.63, 3.8) is 0 Å². The van der Waals surface area contributed by atoms with Crippen LogP contribution in [0.2, 0.25) is 0 Å². The zero-order valence-corrected chi connectivity index (χ0v) is 37.4. The maximum Gasteiger partial charge on any atom is 0.243 e. The third-order valence-electron chi connectivity index (χ3n) is 10.5. The topological polar surface area (TPSA) is 157 Å². The summed E-state index contributed by atoms with van der Waals surface area (Å²) in [5.74, 6) is 1.17. The maximum absolute atomic E-state index is 13.4. The van der Waals surface area contributed by atoms with Crippen LogP contribution in [0.4, 0.5) is 11.4 Å². The smallest absolute Gasteiger partial charge is 0.243 e. The summed E-state index contributed by atoms with van der Waals surface area (Å²) in [6, 6.07) is 38.2. The van der Waals surface area contributed by atoms with Gasteiger partial charge in [0.15, 0.2) is 0 Å². The fraction of sp³-hybridized carbons (Fsp3) is 0.292. The van der Waals surface area contributed by atoms with Crippen molar-refractivity contribution < 1.29 is 26.3 Å². The van der Waals surface area contributed by atoms with Gasteiger partial charge in [-0.3, -0.25) is 0 Å². The van der Waals surface area contributed by atoms with E-state index in [1.54, 1.807) is 24.5 Å². The number of ether oxygens (including phenoxy) is 2. The molecule has 0 amide bonds. The lowest BCUT2D eigenvalue weighted by molar-refractivity contribution is 0.215. The van der Waals surface area contributed by atoms with Crippen LogP contribution in [0.25, 0.3) is 22.3 Å². The van der Waals surface area contributed by atoms with Crippen molar-refractivity contribution in [1.82, 2.24) is 14.7 Å². The number of hydrogen-bond acceptors (Lipinski definition) is 10. The molecule has 0 saturated carbocycles. The highest BCUT2D eigenvalue weighted by molar-refractivity contribution is 7.89. The molecule has 3 N–H and O–H groups in total. The summed E-state index contributed by atoms with van der Waals surface area (Å²) >= 11 is 0. The average molecular weight is 875 g/mol. The standard InChI is InChI=1S/C26H31N3O3S.C22H23N3O3S/c1-19-10-13-25(27-17-19)32-22-14-15-29(18-22)23-12-11-21(20-8-6-5-7-9-20)16-24(23)33(30,31)28-26(2,3)4;1-16-7-10-22(24-14-16)28-19-11-12-25(15-19)20-9-8-18(13-21(20)29(23,26)27)17-5-3-2-4-6-17/h5-13,16-17,22,28H,14-15,18H2,1-4H3;2-10,13-14,19H,11-12,15H2,1H3,(H2,23,26,27)/t22-;19-/m11/s1. The molecule has 2 aromatic heterocycles. The Labute approximate surface area is 365 Å². The third kappa shape index (κ3) is 11.4. The summed E-state index contributed by atoms with van der Waals surface area (Å²) in [6.07, 6.45) is 5.01. The fourth-order valence-corrected chi connectivity index (χ4v) is 10.00. The minimum Gasteiger partial charge on any atom is -0.472 e. The molecule has 2 aliphatic heterocycles. The second-order valence-corrected chi connectivity index (χ2v) is 20.0. The van der Waals surface area contributed by atoms with E-state index < -0.39 is 25.6 Å². The molecule has 0 spiro atoms. The molecule has 0 aliphatic carbocycles. The molecule has 2 atom stereocenters. The molecule has 0 radical (unpaired) electrons. The fourth-order valence-electron chi connectivity index (χ4n) is 7.55. The SMILES string of the molecule is Cc1ccc(O[C@@H]2CCN(c3ccc(-c4ccccc4)cc3S(=O)(=O)NC(C)(C)C)C2)nc1.Cc1ccc(O[C@@H]2CCN(c3ccc(-c4ccccc4)cc3S(N)(=O)=O)C2)nc1. The summed E-state index contributed by atoms with van der Waals surface area (Å²) in [5, 5.41) is 5.55. The Kier molecular flexibility index (Phi) is 13.3. The van der Waals surface area contributed by atoms with Crippen molar-refractivity contribution >= 4 is 31.4 Å². The van der Waals surface area contributed by atoms with Crippen LogP contribution < -0.4 is 29.1 Å². The second-order valence-electron chi connectivity index (χ2n) is 16.8. The second kappa shape index (κ2) is 18.7. The van der Waals surface area contributed by atoms with E-state index in [-0.39, 0.29) is 22.0 Å². The molecule has 14 heteroatoms. The highest BCUT2D eigenvalue weighted by Crippen LogP contribution is 2.35.